The summed E-state index contributed by atoms with van der Waals surface area (Å²) in [6.07, 6.45) is 0. The highest BCUT2D eigenvalue weighted by molar-refractivity contribution is 8.04. The molecule has 26 heavy (non-hydrogen) atoms. The topological polar surface area (TPSA) is 0 Å². The van der Waals surface area contributed by atoms with Crippen LogP contribution in [0.1, 0.15) is 50.7 Å². The molecule has 0 N–H and O–H groups in total. The summed E-state index contributed by atoms with van der Waals surface area (Å²) in [4.78, 5) is 7.23. The number of benzene rings is 3. The van der Waals surface area contributed by atoms with E-state index in [1.165, 1.54) is 35.6 Å². The first kappa shape index (κ1) is 17.8. The zero-order chi connectivity index (χ0) is 18.3. The van der Waals surface area contributed by atoms with Crippen molar-refractivity contribution in [2.45, 2.75) is 64.0 Å². The quantitative estimate of drug-likeness (QED) is 0.333. The molecule has 0 bridgehead atoms. The Morgan fingerprint density at radius 1 is 0.654 bits per heavy atom. The molecule has 0 atom stereocenters. The molecule has 0 saturated heterocycles. The van der Waals surface area contributed by atoms with Gasteiger partial charge in [-0.05, 0) is 47.7 Å². The van der Waals surface area contributed by atoms with E-state index in [4.69, 9.17) is 0 Å². The molecule has 0 nitrogen and oxygen atoms in total. The molecule has 1 heterocycles. The van der Waals surface area contributed by atoms with Gasteiger partial charge < -0.3 is 0 Å². The SMILES string of the molecule is CC(C)c1ccc([S+]2c3ccccc3Sc3ccccc32)c(C(C)C)c1. The van der Waals surface area contributed by atoms with Gasteiger partial charge in [0.15, 0.2) is 14.7 Å². The zero-order valence-electron chi connectivity index (χ0n) is 15.8. The lowest BCUT2D eigenvalue weighted by Crippen LogP contribution is -2.14. The molecule has 132 valence electrons. The van der Waals surface area contributed by atoms with Crippen molar-refractivity contribution in [1.82, 2.24) is 0 Å². The van der Waals surface area contributed by atoms with Crippen LogP contribution in [0.4, 0.5) is 0 Å². The largest absolute Gasteiger partial charge is 0.180 e. The van der Waals surface area contributed by atoms with E-state index in [2.05, 4.69) is 94.4 Å². The summed E-state index contributed by atoms with van der Waals surface area (Å²) in [5.41, 5.74) is 2.94. The Morgan fingerprint density at radius 3 is 1.77 bits per heavy atom. The van der Waals surface area contributed by atoms with Crippen LogP contribution in [0.25, 0.3) is 0 Å². The molecule has 0 unspecified atom stereocenters. The van der Waals surface area contributed by atoms with Crippen molar-refractivity contribution < 1.29 is 0 Å². The molecule has 0 amide bonds. The molecule has 1 aliphatic heterocycles. The van der Waals surface area contributed by atoms with E-state index in [0.29, 0.717) is 11.8 Å². The van der Waals surface area contributed by atoms with Crippen molar-refractivity contribution in [3.8, 4) is 0 Å². The number of rotatable bonds is 3. The summed E-state index contributed by atoms with van der Waals surface area (Å²) < 4.78 is 0. The smallest absolute Gasteiger partial charge is 0.0795 e. The molecule has 0 saturated carbocycles. The van der Waals surface area contributed by atoms with Gasteiger partial charge in [0, 0.05) is 5.56 Å². The van der Waals surface area contributed by atoms with Gasteiger partial charge in [0.2, 0.25) is 0 Å². The first-order chi connectivity index (χ1) is 12.6. The van der Waals surface area contributed by atoms with Crippen LogP contribution in [0.2, 0.25) is 0 Å². The van der Waals surface area contributed by atoms with Crippen molar-refractivity contribution in [3.63, 3.8) is 0 Å². The van der Waals surface area contributed by atoms with Gasteiger partial charge in [-0.1, -0.05) is 75.9 Å². The maximum atomic E-state index is 2.45. The number of fused-ring (bicyclic) bond motifs is 2. The van der Waals surface area contributed by atoms with Crippen LogP contribution in [-0.4, -0.2) is 0 Å². The van der Waals surface area contributed by atoms with E-state index < -0.39 is 0 Å². The third-order valence-electron chi connectivity index (χ3n) is 4.90. The van der Waals surface area contributed by atoms with Crippen molar-refractivity contribution in [2.75, 3.05) is 0 Å². The van der Waals surface area contributed by atoms with Crippen LogP contribution in [0.3, 0.4) is 0 Å². The lowest BCUT2D eigenvalue weighted by atomic mass is 9.96. The fourth-order valence-electron chi connectivity index (χ4n) is 3.44. The van der Waals surface area contributed by atoms with E-state index in [0.717, 1.165) is 0 Å². The Balaban J connectivity index is 1.96. The summed E-state index contributed by atoms with van der Waals surface area (Å²) in [6, 6.07) is 25.1. The predicted molar refractivity (Wildman–Crippen MR) is 114 cm³/mol. The summed E-state index contributed by atoms with van der Waals surface area (Å²) in [6.45, 7) is 9.21. The second kappa shape index (κ2) is 7.17. The van der Waals surface area contributed by atoms with Crippen LogP contribution in [0.5, 0.6) is 0 Å². The standard InChI is InChI=1S/C24H25S2/c1-16(2)18-13-14-22(19(15-18)17(3)4)26-23-11-7-5-9-20(23)25-21-10-6-8-12-24(21)26/h5-17H,1-4H3/q+1. The van der Waals surface area contributed by atoms with Gasteiger partial charge in [-0.25, -0.2) is 0 Å². The average molecular weight is 378 g/mol. The van der Waals surface area contributed by atoms with Gasteiger partial charge in [0.1, 0.15) is 10.9 Å². The van der Waals surface area contributed by atoms with Crippen LogP contribution < -0.4 is 0 Å². The maximum Gasteiger partial charge on any atom is 0.180 e. The summed E-state index contributed by atoms with van der Waals surface area (Å²) in [5, 5.41) is 0. The van der Waals surface area contributed by atoms with Crippen molar-refractivity contribution in [1.29, 1.82) is 0 Å². The van der Waals surface area contributed by atoms with Gasteiger partial charge in [-0.2, -0.15) is 0 Å². The van der Waals surface area contributed by atoms with Gasteiger partial charge in [-0.3, -0.25) is 0 Å². The molecule has 0 aliphatic carbocycles. The van der Waals surface area contributed by atoms with E-state index >= 15 is 0 Å². The minimum absolute atomic E-state index is 0.0324. The third kappa shape index (κ3) is 3.10. The van der Waals surface area contributed by atoms with E-state index in [9.17, 15) is 0 Å². The number of hydrogen-bond acceptors (Lipinski definition) is 1. The van der Waals surface area contributed by atoms with Crippen LogP contribution >= 0.6 is 11.8 Å². The molecule has 0 fully saturated rings. The predicted octanol–water partition coefficient (Wildman–Crippen LogP) is 7.49. The van der Waals surface area contributed by atoms with Crippen molar-refractivity contribution >= 4 is 22.7 Å². The second-order valence-corrected chi connectivity index (χ2v) is 10.4. The molecule has 4 rings (SSSR count). The highest BCUT2D eigenvalue weighted by atomic mass is 32.2. The Morgan fingerprint density at radius 2 is 1.23 bits per heavy atom. The summed E-state index contributed by atoms with van der Waals surface area (Å²) in [5.74, 6) is 1.08. The van der Waals surface area contributed by atoms with Crippen LogP contribution in [0, 0.1) is 0 Å². The molecule has 0 spiro atoms. The molecule has 1 aliphatic rings. The van der Waals surface area contributed by atoms with E-state index in [1.807, 2.05) is 11.8 Å². The molecule has 3 aromatic carbocycles. The van der Waals surface area contributed by atoms with Crippen LogP contribution in [-0.2, 0) is 10.9 Å². The second-order valence-electron chi connectivity index (χ2n) is 7.41. The summed E-state index contributed by atoms with van der Waals surface area (Å²) in [7, 11) is -0.0324. The van der Waals surface area contributed by atoms with Gasteiger partial charge in [0.05, 0.1) is 9.79 Å². The fourth-order valence-corrected chi connectivity index (χ4v) is 7.47. The third-order valence-corrected chi connectivity index (χ3v) is 8.71. The monoisotopic (exact) mass is 377 g/mol. The number of hydrogen-bond donors (Lipinski definition) is 0. The minimum atomic E-state index is -0.0324. The van der Waals surface area contributed by atoms with Gasteiger partial charge in [-0.15, -0.1) is 0 Å². The Bertz CT molecular complexity index is 895. The van der Waals surface area contributed by atoms with Crippen molar-refractivity contribution in [3.05, 3.63) is 77.9 Å². The lowest BCUT2D eigenvalue weighted by molar-refractivity contribution is 0.813. The zero-order valence-corrected chi connectivity index (χ0v) is 17.5. The fraction of sp³-hybridized carbons (Fsp3) is 0.250. The Labute approximate surface area is 164 Å². The molecular formula is C24H25S2+. The van der Waals surface area contributed by atoms with Crippen molar-refractivity contribution in [2.24, 2.45) is 0 Å². The van der Waals surface area contributed by atoms with E-state index in [-0.39, 0.29) is 10.9 Å². The first-order valence-electron chi connectivity index (χ1n) is 9.30. The molecule has 0 aromatic heterocycles. The van der Waals surface area contributed by atoms with Gasteiger partial charge >= 0.3 is 0 Å². The average Bonchev–Trinajstić information content (AvgIpc) is 2.65. The molecule has 2 heteroatoms. The first-order valence-corrected chi connectivity index (χ1v) is 11.3. The maximum absolute atomic E-state index is 2.45. The van der Waals surface area contributed by atoms with Crippen LogP contribution in [0.15, 0.2) is 91.2 Å². The highest BCUT2D eigenvalue weighted by Crippen LogP contribution is 2.49. The summed E-state index contributed by atoms with van der Waals surface area (Å²) >= 11 is 1.91. The Kier molecular flexibility index (Phi) is 4.90. The van der Waals surface area contributed by atoms with E-state index in [1.54, 1.807) is 0 Å². The lowest BCUT2D eigenvalue weighted by Gasteiger charge is -2.22. The van der Waals surface area contributed by atoms with Gasteiger partial charge in [0.25, 0.3) is 0 Å². The molecular weight excluding hydrogens is 352 g/mol. The minimum Gasteiger partial charge on any atom is -0.0795 e. The normalized spacial score (nSPS) is 13.8. The molecule has 3 aromatic rings. The Hall–Kier alpha value is -1.64. The molecule has 0 radical (unpaired) electrons. The highest BCUT2D eigenvalue weighted by Gasteiger charge is 2.39.